The third kappa shape index (κ3) is 4.97. The summed E-state index contributed by atoms with van der Waals surface area (Å²) in [7, 11) is 0. The number of nitrogens with one attached hydrogen (secondary N) is 2. The van der Waals surface area contributed by atoms with Gasteiger partial charge in [-0.15, -0.1) is 0 Å². The number of hydrogen-bond acceptors (Lipinski definition) is 4. The van der Waals surface area contributed by atoms with Crippen molar-refractivity contribution in [3.63, 3.8) is 0 Å². The van der Waals surface area contributed by atoms with E-state index in [0.29, 0.717) is 10.8 Å². The molecule has 7 heteroatoms. The second-order valence-electron chi connectivity index (χ2n) is 4.00. The Morgan fingerprint density at radius 2 is 2.05 bits per heavy atom. The Labute approximate surface area is 122 Å². The molecule has 1 rings (SSSR count). The molecule has 1 atom stereocenters. The number of rotatable bonds is 4. The van der Waals surface area contributed by atoms with Crippen LogP contribution in [0.25, 0.3) is 0 Å². The van der Waals surface area contributed by atoms with Gasteiger partial charge < -0.3 is 9.47 Å². The van der Waals surface area contributed by atoms with Crippen LogP contribution in [0.5, 0.6) is 5.75 Å². The molecule has 2 N–H and O–H groups in total. The van der Waals surface area contributed by atoms with Crippen LogP contribution < -0.4 is 15.6 Å². The van der Waals surface area contributed by atoms with E-state index >= 15 is 0 Å². The van der Waals surface area contributed by atoms with Crippen molar-refractivity contribution in [2.24, 2.45) is 0 Å². The third-order valence-corrected chi connectivity index (χ3v) is 2.61. The van der Waals surface area contributed by atoms with E-state index in [0.717, 1.165) is 5.56 Å². The molecule has 1 unspecified atom stereocenters. The van der Waals surface area contributed by atoms with Crippen molar-refractivity contribution in [3.05, 3.63) is 28.8 Å². The van der Waals surface area contributed by atoms with Gasteiger partial charge in [-0.05, 0) is 44.5 Å². The molecule has 6 nitrogen and oxygen atoms in total. The van der Waals surface area contributed by atoms with Crippen LogP contribution in [0.2, 0.25) is 5.02 Å². The van der Waals surface area contributed by atoms with E-state index in [1.165, 1.54) is 0 Å². The van der Waals surface area contributed by atoms with Crippen LogP contribution in [0, 0.1) is 6.92 Å². The molecule has 0 bridgehead atoms. The molecule has 0 saturated heterocycles. The molecule has 110 valence electrons. The lowest BCUT2D eigenvalue weighted by Gasteiger charge is -2.16. The van der Waals surface area contributed by atoms with Crippen molar-refractivity contribution < 1.29 is 19.1 Å². The summed E-state index contributed by atoms with van der Waals surface area (Å²) in [6, 6.07) is 5.09. The number of hydrogen-bond donors (Lipinski definition) is 2. The first kappa shape index (κ1) is 16.1. The van der Waals surface area contributed by atoms with Gasteiger partial charge in [0.05, 0.1) is 6.61 Å². The Morgan fingerprint density at radius 3 is 2.65 bits per heavy atom. The topological polar surface area (TPSA) is 76.7 Å². The highest BCUT2D eigenvalue weighted by atomic mass is 35.5. The van der Waals surface area contributed by atoms with Gasteiger partial charge in [0.25, 0.3) is 5.91 Å². The number of benzene rings is 1. The van der Waals surface area contributed by atoms with Crippen molar-refractivity contribution >= 4 is 23.6 Å². The maximum atomic E-state index is 11.7. The Morgan fingerprint density at radius 1 is 1.35 bits per heavy atom. The second-order valence-corrected chi connectivity index (χ2v) is 4.44. The molecule has 0 fully saturated rings. The first-order valence-corrected chi connectivity index (χ1v) is 6.47. The zero-order valence-electron chi connectivity index (χ0n) is 11.5. The summed E-state index contributed by atoms with van der Waals surface area (Å²) < 4.78 is 10.1. The SMILES string of the molecule is CCOC(=O)NNC(=O)C(C)Oc1ccc(Cl)cc1C. The lowest BCUT2D eigenvalue weighted by atomic mass is 10.2. The molecule has 2 amide bonds. The minimum atomic E-state index is -0.781. The molecule has 1 aromatic rings. The highest BCUT2D eigenvalue weighted by molar-refractivity contribution is 6.30. The number of aryl methyl sites for hydroxylation is 1. The number of hydrazine groups is 1. The van der Waals surface area contributed by atoms with E-state index in [4.69, 9.17) is 16.3 Å². The Bertz CT molecular complexity index is 493. The summed E-state index contributed by atoms with van der Waals surface area (Å²) in [6.07, 6.45) is -1.51. The molecule has 0 aliphatic rings. The van der Waals surface area contributed by atoms with Crippen molar-refractivity contribution in [2.45, 2.75) is 26.9 Å². The summed E-state index contributed by atoms with van der Waals surface area (Å²) in [6.45, 7) is 5.27. The zero-order valence-corrected chi connectivity index (χ0v) is 12.3. The van der Waals surface area contributed by atoms with Crippen LogP contribution in [0.4, 0.5) is 4.79 Å². The van der Waals surface area contributed by atoms with Gasteiger partial charge in [-0.3, -0.25) is 10.2 Å². The lowest BCUT2D eigenvalue weighted by Crippen LogP contribution is -2.47. The van der Waals surface area contributed by atoms with Gasteiger partial charge in [0.1, 0.15) is 5.75 Å². The van der Waals surface area contributed by atoms with Crippen molar-refractivity contribution in [1.82, 2.24) is 10.9 Å². The van der Waals surface area contributed by atoms with Gasteiger partial charge in [0.15, 0.2) is 6.10 Å². The molecule has 0 spiro atoms. The average Bonchev–Trinajstić information content (AvgIpc) is 2.39. The van der Waals surface area contributed by atoms with Gasteiger partial charge >= 0.3 is 6.09 Å². The average molecular weight is 301 g/mol. The Hall–Kier alpha value is -1.95. The highest BCUT2D eigenvalue weighted by Crippen LogP contribution is 2.22. The number of ether oxygens (including phenoxy) is 2. The minimum Gasteiger partial charge on any atom is -0.481 e. The van der Waals surface area contributed by atoms with Crippen molar-refractivity contribution in [1.29, 1.82) is 0 Å². The highest BCUT2D eigenvalue weighted by Gasteiger charge is 2.16. The third-order valence-electron chi connectivity index (χ3n) is 2.37. The molecule has 0 saturated carbocycles. The quantitative estimate of drug-likeness (QED) is 0.836. The maximum absolute atomic E-state index is 11.7. The van der Waals surface area contributed by atoms with Crippen LogP contribution >= 0.6 is 11.6 Å². The van der Waals surface area contributed by atoms with E-state index < -0.39 is 18.1 Å². The standard InChI is InChI=1S/C13H17ClN2O4/c1-4-19-13(18)16-15-12(17)9(3)20-11-6-5-10(14)7-8(11)2/h5-7,9H,4H2,1-3H3,(H,15,17)(H,16,18). The van der Waals surface area contributed by atoms with Crippen LogP contribution in [0.3, 0.4) is 0 Å². The number of carbonyl (C=O) groups is 2. The van der Waals surface area contributed by atoms with E-state index in [9.17, 15) is 9.59 Å². The smallest absolute Gasteiger partial charge is 0.426 e. The fourth-order valence-corrected chi connectivity index (χ4v) is 1.60. The van der Waals surface area contributed by atoms with Gasteiger partial charge in [-0.1, -0.05) is 11.6 Å². The maximum Gasteiger partial charge on any atom is 0.426 e. The van der Waals surface area contributed by atoms with E-state index in [2.05, 4.69) is 15.6 Å². The Kier molecular flexibility index (Phi) is 6.11. The number of amides is 2. The molecule has 0 aliphatic carbocycles. The molecule has 0 aliphatic heterocycles. The van der Waals surface area contributed by atoms with Crippen molar-refractivity contribution in [3.8, 4) is 5.75 Å². The fraction of sp³-hybridized carbons (Fsp3) is 0.385. The van der Waals surface area contributed by atoms with Crippen LogP contribution in [-0.4, -0.2) is 24.7 Å². The summed E-state index contributed by atoms with van der Waals surface area (Å²) in [5.74, 6) is 0.0561. The van der Waals surface area contributed by atoms with Crippen molar-refractivity contribution in [2.75, 3.05) is 6.61 Å². The molecule has 1 aromatic carbocycles. The number of carbonyl (C=O) groups excluding carboxylic acids is 2. The van der Waals surface area contributed by atoms with Gasteiger partial charge in [-0.2, -0.15) is 0 Å². The first-order chi connectivity index (χ1) is 9.43. The second kappa shape index (κ2) is 7.59. The molecular formula is C13H17ClN2O4. The summed E-state index contributed by atoms with van der Waals surface area (Å²) >= 11 is 5.83. The van der Waals surface area contributed by atoms with E-state index in [-0.39, 0.29) is 6.61 Å². The summed E-state index contributed by atoms with van der Waals surface area (Å²) in [4.78, 5) is 22.7. The lowest BCUT2D eigenvalue weighted by molar-refractivity contribution is -0.128. The first-order valence-electron chi connectivity index (χ1n) is 6.09. The number of halogens is 1. The predicted molar refractivity (Wildman–Crippen MR) is 74.6 cm³/mol. The molecular weight excluding hydrogens is 284 g/mol. The molecule has 0 heterocycles. The summed E-state index contributed by atoms with van der Waals surface area (Å²) in [5.41, 5.74) is 5.13. The van der Waals surface area contributed by atoms with Crippen LogP contribution in [-0.2, 0) is 9.53 Å². The van der Waals surface area contributed by atoms with E-state index in [1.54, 1.807) is 32.0 Å². The monoisotopic (exact) mass is 300 g/mol. The molecule has 20 heavy (non-hydrogen) atoms. The fourth-order valence-electron chi connectivity index (χ4n) is 1.37. The normalized spacial score (nSPS) is 11.4. The Balaban J connectivity index is 2.51. The largest absolute Gasteiger partial charge is 0.481 e. The van der Waals surface area contributed by atoms with E-state index in [1.807, 2.05) is 6.92 Å². The van der Waals surface area contributed by atoms with Gasteiger partial charge in [0, 0.05) is 5.02 Å². The minimum absolute atomic E-state index is 0.220. The molecule has 0 aromatic heterocycles. The zero-order chi connectivity index (χ0) is 15.1. The predicted octanol–water partition coefficient (Wildman–Crippen LogP) is 2.19. The van der Waals surface area contributed by atoms with Gasteiger partial charge in [-0.25, -0.2) is 10.2 Å². The van der Waals surface area contributed by atoms with Crippen LogP contribution in [0.1, 0.15) is 19.4 Å². The van der Waals surface area contributed by atoms with Gasteiger partial charge in [0.2, 0.25) is 0 Å². The van der Waals surface area contributed by atoms with Crippen LogP contribution in [0.15, 0.2) is 18.2 Å². The summed E-state index contributed by atoms with van der Waals surface area (Å²) in [5, 5.41) is 0.593. The molecule has 0 radical (unpaired) electrons.